The standard InChI is InChI=1S/C13H15N5O3/c1-2-9-4-3-5-14-10(9)6-15-12(19)8-18-7-11(13(20)21)16-17-18/h3-5,7H,2,6,8H2,1H3,(H,15,19)(H,20,21). The number of carbonyl (C=O) groups is 2. The van der Waals surface area contributed by atoms with Crippen molar-refractivity contribution in [2.24, 2.45) is 0 Å². The van der Waals surface area contributed by atoms with Gasteiger partial charge in [-0.25, -0.2) is 9.48 Å². The normalized spacial score (nSPS) is 10.3. The van der Waals surface area contributed by atoms with E-state index >= 15 is 0 Å². The summed E-state index contributed by atoms with van der Waals surface area (Å²) in [7, 11) is 0. The van der Waals surface area contributed by atoms with Crippen LogP contribution in [0.1, 0.15) is 28.7 Å². The van der Waals surface area contributed by atoms with Crippen LogP contribution in [0.5, 0.6) is 0 Å². The number of pyridine rings is 1. The second-order valence-electron chi connectivity index (χ2n) is 4.35. The van der Waals surface area contributed by atoms with Crippen LogP contribution in [-0.2, 0) is 24.3 Å². The third kappa shape index (κ3) is 3.85. The number of nitrogens with one attached hydrogen (secondary N) is 1. The van der Waals surface area contributed by atoms with Crippen LogP contribution in [0.25, 0.3) is 0 Å². The number of hydrogen-bond acceptors (Lipinski definition) is 5. The Morgan fingerprint density at radius 3 is 2.90 bits per heavy atom. The zero-order chi connectivity index (χ0) is 15.2. The molecule has 0 bridgehead atoms. The Labute approximate surface area is 120 Å². The Hall–Kier alpha value is -2.77. The minimum atomic E-state index is -1.18. The summed E-state index contributed by atoms with van der Waals surface area (Å²) < 4.78 is 1.18. The van der Waals surface area contributed by atoms with E-state index in [1.807, 2.05) is 19.1 Å². The van der Waals surface area contributed by atoms with Crippen molar-refractivity contribution in [2.45, 2.75) is 26.4 Å². The fraction of sp³-hybridized carbons (Fsp3) is 0.308. The number of carboxylic acid groups (broad SMARTS) is 1. The van der Waals surface area contributed by atoms with Crippen molar-refractivity contribution in [3.63, 3.8) is 0 Å². The Morgan fingerprint density at radius 2 is 2.24 bits per heavy atom. The van der Waals surface area contributed by atoms with Crippen LogP contribution >= 0.6 is 0 Å². The number of aromatic nitrogens is 4. The monoisotopic (exact) mass is 289 g/mol. The Balaban J connectivity index is 1.91. The van der Waals surface area contributed by atoms with Crippen LogP contribution in [0, 0.1) is 0 Å². The summed E-state index contributed by atoms with van der Waals surface area (Å²) >= 11 is 0. The summed E-state index contributed by atoms with van der Waals surface area (Å²) in [5.74, 6) is -1.47. The number of carbonyl (C=O) groups excluding carboxylic acids is 1. The van der Waals surface area contributed by atoms with E-state index in [2.05, 4.69) is 20.6 Å². The van der Waals surface area contributed by atoms with E-state index in [9.17, 15) is 9.59 Å². The highest BCUT2D eigenvalue weighted by Gasteiger charge is 2.11. The van der Waals surface area contributed by atoms with Crippen molar-refractivity contribution in [3.05, 3.63) is 41.5 Å². The van der Waals surface area contributed by atoms with E-state index in [0.717, 1.165) is 17.7 Å². The van der Waals surface area contributed by atoms with E-state index in [1.165, 1.54) is 10.9 Å². The van der Waals surface area contributed by atoms with Gasteiger partial charge in [0.05, 0.1) is 18.4 Å². The molecule has 110 valence electrons. The molecule has 0 saturated carbocycles. The zero-order valence-corrected chi connectivity index (χ0v) is 11.5. The van der Waals surface area contributed by atoms with Crippen molar-refractivity contribution in [1.29, 1.82) is 0 Å². The number of amides is 1. The number of aryl methyl sites for hydroxylation is 1. The molecule has 0 atom stereocenters. The molecule has 21 heavy (non-hydrogen) atoms. The van der Waals surface area contributed by atoms with Gasteiger partial charge in [0.2, 0.25) is 5.91 Å². The van der Waals surface area contributed by atoms with Crippen molar-refractivity contribution < 1.29 is 14.7 Å². The van der Waals surface area contributed by atoms with Crippen LogP contribution in [0.3, 0.4) is 0 Å². The maximum Gasteiger partial charge on any atom is 0.358 e. The average Bonchev–Trinajstić information content (AvgIpc) is 2.94. The molecule has 0 aliphatic carbocycles. The Kier molecular flexibility index (Phi) is 4.60. The van der Waals surface area contributed by atoms with Gasteiger partial charge in [0.1, 0.15) is 6.54 Å². The second kappa shape index (κ2) is 6.60. The molecular weight excluding hydrogens is 274 g/mol. The van der Waals surface area contributed by atoms with Gasteiger partial charge < -0.3 is 10.4 Å². The first-order valence-corrected chi connectivity index (χ1v) is 6.43. The highest BCUT2D eigenvalue weighted by Crippen LogP contribution is 2.05. The molecule has 0 radical (unpaired) electrons. The largest absolute Gasteiger partial charge is 0.476 e. The average molecular weight is 289 g/mol. The van der Waals surface area contributed by atoms with Gasteiger partial charge in [0.15, 0.2) is 5.69 Å². The molecule has 0 unspecified atom stereocenters. The highest BCUT2D eigenvalue weighted by molar-refractivity contribution is 5.84. The number of hydrogen-bond donors (Lipinski definition) is 2. The summed E-state index contributed by atoms with van der Waals surface area (Å²) in [5, 5.41) is 18.5. The van der Waals surface area contributed by atoms with E-state index < -0.39 is 5.97 Å². The summed E-state index contributed by atoms with van der Waals surface area (Å²) in [6, 6.07) is 3.82. The maximum atomic E-state index is 11.8. The van der Waals surface area contributed by atoms with Crippen LogP contribution < -0.4 is 5.32 Å². The van der Waals surface area contributed by atoms with Gasteiger partial charge in [-0.05, 0) is 18.1 Å². The van der Waals surface area contributed by atoms with Crippen LogP contribution in [0.4, 0.5) is 0 Å². The van der Waals surface area contributed by atoms with Gasteiger partial charge in [-0.15, -0.1) is 5.10 Å². The molecule has 2 aromatic rings. The topological polar surface area (TPSA) is 110 Å². The zero-order valence-electron chi connectivity index (χ0n) is 11.5. The summed E-state index contributed by atoms with van der Waals surface area (Å²) in [6.07, 6.45) is 3.72. The van der Waals surface area contributed by atoms with Gasteiger partial charge in [0.25, 0.3) is 0 Å². The molecule has 2 heterocycles. The smallest absolute Gasteiger partial charge is 0.358 e. The van der Waals surface area contributed by atoms with Crippen LogP contribution in [-0.4, -0.2) is 37.0 Å². The summed E-state index contributed by atoms with van der Waals surface area (Å²) in [6.45, 7) is 2.25. The third-order valence-electron chi connectivity index (χ3n) is 2.88. The molecule has 1 amide bonds. The minimum absolute atomic E-state index is 0.0887. The molecule has 0 aliphatic heterocycles. The van der Waals surface area contributed by atoms with Gasteiger partial charge in [-0.2, -0.15) is 0 Å². The van der Waals surface area contributed by atoms with Gasteiger partial charge in [-0.3, -0.25) is 9.78 Å². The minimum Gasteiger partial charge on any atom is -0.476 e. The predicted molar refractivity (Wildman–Crippen MR) is 72.4 cm³/mol. The second-order valence-corrected chi connectivity index (χ2v) is 4.35. The molecule has 8 nitrogen and oxygen atoms in total. The lowest BCUT2D eigenvalue weighted by Gasteiger charge is -2.08. The van der Waals surface area contributed by atoms with Crippen molar-refractivity contribution in [3.8, 4) is 0 Å². The van der Waals surface area contributed by atoms with Crippen molar-refractivity contribution in [1.82, 2.24) is 25.3 Å². The molecule has 8 heteroatoms. The van der Waals surface area contributed by atoms with Gasteiger partial charge >= 0.3 is 5.97 Å². The van der Waals surface area contributed by atoms with E-state index in [4.69, 9.17) is 5.11 Å². The molecule has 2 aromatic heterocycles. The summed E-state index contributed by atoms with van der Waals surface area (Å²) in [4.78, 5) is 26.7. The predicted octanol–water partition coefficient (Wildman–Crippen LogP) is 0.250. The lowest BCUT2D eigenvalue weighted by atomic mass is 10.1. The van der Waals surface area contributed by atoms with Crippen LogP contribution in [0.2, 0.25) is 0 Å². The molecule has 2 N–H and O–H groups in total. The fourth-order valence-electron chi connectivity index (χ4n) is 1.81. The van der Waals surface area contributed by atoms with Crippen LogP contribution in [0.15, 0.2) is 24.5 Å². The molecule has 0 aliphatic rings. The lowest BCUT2D eigenvalue weighted by molar-refractivity contribution is -0.122. The lowest BCUT2D eigenvalue weighted by Crippen LogP contribution is -2.28. The first kappa shape index (κ1) is 14.6. The van der Waals surface area contributed by atoms with Crippen molar-refractivity contribution >= 4 is 11.9 Å². The molecular formula is C13H15N5O3. The number of aromatic carboxylic acids is 1. The van der Waals surface area contributed by atoms with Gasteiger partial charge in [-0.1, -0.05) is 18.2 Å². The van der Waals surface area contributed by atoms with E-state index in [1.54, 1.807) is 6.20 Å². The SMILES string of the molecule is CCc1cccnc1CNC(=O)Cn1cc(C(=O)O)nn1. The highest BCUT2D eigenvalue weighted by atomic mass is 16.4. The molecule has 2 rings (SSSR count). The quantitative estimate of drug-likeness (QED) is 0.788. The van der Waals surface area contributed by atoms with Gasteiger partial charge in [0, 0.05) is 6.20 Å². The maximum absolute atomic E-state index is 11.8. The number of rotatable bonds is 6. The molecule has 0 saturated heterocycles. The van der Waals surface area contributed by atoms with Crippen molar-refractivity contribution in [2.75, 3.05) is 0 Å². The first-order chi connectivity index (χ1) is 10.1. The molecule has 0 spiro atoms. The summed E-state index contributed by atoms with van der Waals surface area (Å²) in [5.41, 5.74) is 1.70. The Morgan fingerprint density at radius 1 is 1.43 bits per heavy atom. The van der Waals surface area contributed by atoms with E-state index in [0.29, 0.717) is 6.54 Å². The van der Waals surface area contributed by atoms with E-state index in [-0.39, 0.29) is 18.1 Å². The number of nitrogens with zero attached hydrogens (tertiary/aromatic N) is 4. The Bertz CT molecular complexity index is 653. The first-order valence-electron chi connectivity index (χ1n) is 6.43. The third-order valence-corrected chi connectivity index (χ3v) is 2.88. The fourth-order valence-corrected chi connectivity index (χ4v) is 1.81. The molecule has 0 fully saturated rings. The molecule has 0 aromatic carbocycles. The number of carboxylic acids is 1.